The summed E-state index contributed by atoms with van der Waals surface area (Å²) < 4.78 is 18.1. The molecular formula is C24H38O7. The molecule has 3 fully saturated rings. The van der Waals surface area contributed by atoms with Gasteiger partial charge in [-0.15, -0.1) is 6.58 Å². The van der Waals surface area contributed by atoms with Crippen LogP contribution in [-0.4, -0.2) is 57.8 Å². The Hall–Kier alpha value is -1.44. The van der Waals surface area contributed by atoms with E-state index < -0.39 is 58.9 Å². The SMILES string of the molecule is C=CC1(C)CC(O)C2C(C)(O1)C(O)C(OC(C)=O)C1C(C)(C)CCC(OC(C)=O)C12C. The first-order chi connectivity index (χ1) is 14.1. The van der Waals surface area contributed by atoms with Crippen LogP contribution in [0.25, 0.3) is 0 Å². The van der Waals surface area contributed by atoms with Crippen molar-refractivity contribution in [2.45, 2.75) is 103 Å². The predicted octanol–water partition coefficient (Wildman–Crippen LogP) is 2.77. The molecule has 31 heavy (non-hydrogen) atoms. The summed E-state index contributed by atoms with van der Waals surface area (Å²) in [5.41, 5.74) is -3.26. The fourth-order valence-corrected chi connectivity index (χ4v) is 7.35. The fourth-order valence-electron chi connectivity index (χ4n) is 7.35. The van der Waals surface area contributed by atoms with Crippen molar-refractivity contribution in [1.82, 2.24) is 0 Å². The Bertz CT molecular complexity index is 763. The van der Waals surface area contributed by atoms with Gasteiger partial charge in [0.05, 0.1) is 11.7 Å². The molecule has 0 aromatic heterocycles. The van der Waals surface area contributed by atoms with E-state index in [9.17, 15) is 19.8 Å². The Kier molecular flexibility index (Phi) is 5.91. The first kappa shape index (κ1) is 24.2. The molecule has 2 N–H and O–H groups in total. The van der Waals surface area contributed by atoms with Gasteiger partial charge in [-0.1, -0.05) is 26.8 Å². The molecule has 7 heteroatoms. The number of aliphatic hydroxyl groups is 2. The molecule has 3 rings (SSSR count). The highest BCUT2D eigenvalue weighted by molar-refractivity contribution is 5.67. The van der Waals surface area contributed by atoms with Crippen molar-refractivity contribution in [3.8, 4) is 0 Å². The average molecular weight is 439 g/mol. The molecule has 1 aliphatic heterocycles. The molecular weight excluding hydrogens is 400 g/mol. The Morgan fingerprint density at radius 1 is 1.03 bits per heavy atom. The van der Waals surface area contributed by atoms with Gasteiger partial charge in [-0.3, -0.25) is 9.59 Å². The first-order valence-electron chi connectivity index (χ1n) is 11.2. The van der Waals surface area contributed by atoms with E-state index in [1.165, 1.54) is 13.8 Å². The van der Waals surface area contributed by atoms with Crippen LogP contribution in [0.1, 0.15) is 67.7 Å². The first-order valence-corrected chi connectivity index (χ1v) is 11.2. The van der Waals surface area contributed by atoms with Gasteiger partial charge >= 0.3 is 11.9 Å². The smallest absolute Gasteiger partial charge is 0.303 e. The number of carbonyl (C=O) groups excluding carboxylic acids is 2. The normalized spacial score (nSPS) is 48.7. The van der Waals surface area contributed by atoms with Crippen LogP contribution in [0.2, 0.25) is 0 Å². The minimum absolute atomic E-state index is 0.303. The summed E-state index contributed by atoms with van der Waals surface area (Å²) in [5, 5.41) is 23.1. The molecule has 176 valence electrons. The van der Waals surface area contributed by atoms with Crippen molar-refractivity contribution in [3.63, 3.8) is 0 Å². The predicted molar refractivity (Wildman–Crippen MR) is 114 cm³/mol. The van der Waals surface area contributed by atoms with Crippen LogP contribution in [0.5, 0.6) is 0 Å². The van der Waals surface area contributed by atoms with Gasteiger partial charge in [-0.2, -0.15) is 0 Å². The lowest BCUT2D eigenvalue weighted by Crippen LogP contribution is -2.78. The second-order valence-electron chi connectivity index (χ2n) is 11.0. The molecule has 0 radical (unpaired) electrons. The second kappa shape index (κ2) is 7.56. The summed E-state index contributed by atoms with van der Waals surface area (Å²) in [4.78, 5) is 24.1. The summed E-state index contributed by atoms with van der Waals surface area (Å²) in [6.07, 6.45) is -0.134. The van der Waals surface area contributed by atoms with Gasteiger partial charge in [0.1, 0.15) is 23.9 Å². The van der Waals surface area contributed by atoms with E-state index in [4.69, 9.17) is 14.2 Å². The zero-order valence-corrected chi connectivity index (χ0v) is 19.8. The largest absolute Gasteiger partial charge is 0.462 e. The quantitative estimate of drug-likeness (QED) is 0.516. The number of ether oxygens (including phenoxy) is 3. The molecule has 1 saturated heterocycles. The lowest BCUT2D eigenvalue weighted by Gasteiger charge is -2.69. The van der Waals surface area contributed by atoms with Crippen LogP contribution in [0.4, 0.5) is 0 Å². The summed E-state index contributed by atoms with van der Waals surface area (Å²) in [6, 6.07) is 0. The van der Waals surface area contributed by atoms with Crippen LogP contribution in [0.3, 0.4) is 0 Å². The maximum Gasteiger partial charge on any atom is 0.303 e. The van der Waals surface area contributed by atoms with Gasteiger partial charge in [0.25, 0.3) is 0 Å². The molecule has 0 amide bonds. The maximum atomic E-state index is 12.1. The summed E-state index contributed by atoms with van der Waals surface area (Å²) in [5.74, 6) is -1.81. The third kappa shape index (κ3) is 3.62. The van der Waals surface area contributed by atoms with E-state index in [0.717, 1.165) is 6.42 Å². The van der Waals surface area contributed by atoms with Crippen LogP contribution < -0.4 is 0 Å². The van der Waals surface area contributed by atoms with Gasteiger partial charge in [0.15, 0.2) is 0 Å². The third-order valence-electron chi connectivity index (χ3n) is 8.27. The zero-order valence-electron chi connectivity index (χ0n) is 19.8. The minimum atomic E-state index is -1.25. The van der Waals surface area contributed by atoms with Gasteiger partial charge in [-0.25, -0.2) is 0 Å². The number of rotatable bonds is 3. The highest BCUT2D eigenvalue weighted by Crippen LogP contribution is 2.66. The molecule has 0 spiro atoms. The molecule has 1 heterocycles. The maximum absolute atomic E-state index is 12.1. The van der Waals surface area contributed by atoms with Gasteiger partial charge < -0.3 is 24.4 Å². The van der Waals surface area contributed by atoms with E-state index in [1.54, 1.807) is 13.0 Å². The topological polar surface area (TPSA) is 102 Å². The summed E-state index contributed by atoms with van der Waals surface area (Å²) in [6.45, 7) is 16.3. The van der Waals surface area contributed by atoms with E-state index >= 15 is 0 Å². The molecule has 9 unspecified atom stereocenters. The minimum Gasteiger partial charge on any atom is -0.462 e. The number of fused-ring (bicyclic) bond motifs is 3. The molecule has 9 atom stereocenters. The fraction of sp³-hybridized carbons (Fsp3) is 0.833. The van der Waals surface area contributed by atoms with E-state index in [-0.39, 0.29) is 11.3 Å². The number of hydrogen-bond donors (Lipinski definition) is 2. The van der Waals surface area contributed by atoms with Crippen molar-refractivity contribution in [2.75, 3.05) is 0 Å². The number of aliphatic hydroxyl groups excluding tert-OH is 2. The molecule has 2 saturated carbocycles. The highest BCUT2D eigenvalue weighted by atomic mass is 16.6. The average Bonchev–Trinajstić information content (AvgIpc) is 2.60. The van der Waals surface area contributed by atoms with Crippen LogP contribution in [0, 0.1) is 22.7 Å². The number of carbonyl (C=O) groups is 2. The Morgan fingerprint density at radius 3 is 2.13 bits per heavy atom. The van der Waals surface area contributed by atoms with Gasteiger partial charge in [-0.05, 0) is 32.1 Å². The third-order valence-corrected chi connectivity index (χ3v) is 8.27. The zero-order chi connectivity index (χ0) is 23.6. The summed E-state index contributed by atoms with van der Waals surface area (Å²) in [7, 11) is 0. The van der Waals surface area contributed by atoms with Crippen molar-refractivity contribution in [1.29, 1.82) is 0 Å². The number of esters is 2. The lowest BCUT2D eigenvalue weighted by molar-refractivity contribution is -0.353. The van der Waals surface area contributed by atoms with Crippen LogP contribution in [-0.2, 0) is 23.8 Å². The Morgan fingerprint density at radius 2 is 1.61 bits per heavy atom. The van der Waals surface area contributed by atoms with E-state index in [0.29, 0.717) is 12.8 Å². The molecule has 2 aliphatic carbocycles. The van der Waals surface area contributed by atoms with E-state index in [1.807, 2.05) is 13.8 Å². The molecule has 0 aromatic carbocycles. The standard InChI is InChI=1S/C24H38O7/c1-9-22(6)12-15(27)18-23(7)16(29-13(2)25)10-11-21(4,5)19(23)17(30-14(3)26)20(28)24(18,8)31-22/h9,15-20,27-28H,1,10-12H2,2-8H3. The lowest BCUT2D eigenvalue weighted by atomic mass is 9.41. The Labute approximate surface area is 185 Å². The van der Waals surface area contributed by atoms with Gasteiger partial charge in [0.2, 0.25) is 0 Å². The van der Waals surface area contributed by atoms with Crippen LogP contribution in [0.15, 0.2) is 12.7 Å². The van der Waals surface area contributed by atoms with Crippen molar-refractivity contribution in [2.24, 2.45) is 22.7 Å². The van der Waals surface area contributed by atoms with Crippen molar-refractivity contribution < 1.29 is 34.0 Å². The molecule has 3 aliphatic rings. The van der Waals surface area contributed by atoms with Crippen molar-refractivity contribution in [3.05, 3.63) is 12.7 Å². The van der Waals surface area contributed by atoms with Crippen molar-refractivity contribution >= 4 is 11.9 Å². The molecule has 0 bridgehead atoms. The highest BCUT2D eigenvalue weighted by Gasteiger charge is 2.74. The van der Waals surface area contributed by atoms with E-state index in [2.05, 4.69) is 20.4 Å². The van der Waals surface area contributed by atoms with Crippen LogP contribution >= 0.6 is 0 Å². The monoisotopic (exact) mass is 438 g/mol. The Balaban J connectivity index is 2.25. The van der Waals surface area contributed by atoms with Gasteiger partial charge in [0, 0.05) is 37.5 Å². The second-order valence-corrected chi connectivity index (χ2v) is 11.0. The summed E-state index contributed by atoms with van der Waals surface area (Å²) >= 11 is 0. The number of hydrogen-bond acceptors (Lipinski definition) is 7. The molecule has 0 aromatic rings. The molecule has 7 nitrogen and oxygen atoms in total.